The molecule has 0 atom stereocenters. The van der Waals surface area contributed by atoms with Crippen LogP contribution >= 0.6 is 0 Å². The zero-order valence-corrected chi connectivity index (χ0v) is 14.4. The van der Waals surface area contributed by atoms with E-state index in [0.717, 1.165) is 5.52 Å². The predicted octanol–water partition coefficient (Wildman–Crippen LogP) is 1.26. The standard InChI is InChI=1S/C17H18N6O3/c1-2-23-15-6-5-13(11-14(15)20-21-23)17(25)26-12-16(24)22(9-3-7-18)10-4-8-19/h5-6,11H,2-4,9-10,12H2,1H3. The number of rotatable bonds is 8. The normalized spacial score (nSPS) is 10.1. The fraction of sp³-hybridized carbons (Fsp3) is 0.412. The minimum atomic E-state index is -0.646. The van der Waals surface area contributed by atoms with Gasteiger partial charge in [0.05, 0.1) is 36.1 Å². The highest BCUT2D eigenvalue weighted by molar-refractivity contribution is 5.94. The number of nitrogens with zero attached hydrogens (tertiary/aromatic N) is 6. The van der Waals surface area contributed by atoms with Crippen LogP contribution in [0, 0.1) is 22.7 Å². The topological polar surface area (TPSA) is 125 Å². The lowest BCUT2D eigenvalue weighted by molar-refractivity contribution is -0.134. The van der Waals surface area contributed by atoms with Crippen molar-refractivity contribution in [3.05, 3.63) is 23.8 Å². The zero-order chi connectivity index (χ0) is 18.9. The van der Waals surface area contributed by atoms with E-state index in [-0.39, 0.29) is 31.5 Å². The van der Waals surface area contributed by atoms with Crippen LogP contribution in [0.15, 0.2) is 18.2 Å². The highest BCUT2D eigenvalue weighted by atomic mass is 16.5. The molecule has 0 bridgehead atoms. The van der Waals surface area contributed by atoms with Gasteiger partial charge >= 0.3 is 5.97 Å². The van der Waals surface area contributed by atoms with Gasteiger partial charge in [-0.2, -0.15) is 10.5 Å². The van der Waals surface area contributed by atoms with Crippen LogP contribution in [0.5, 0.6) is 0 Å². The third-order valence-electron chi connectivity index (χ3n) is 3.72. The first-order valence-corrected chi connectivity index (χ1v) is 8.12. The summed E-state index contributed by atoms with van der Waals surface area (Å²) in [4.78, 5) is 25.7. The molecule has 2 aromatic rings. The smallest absolute Gasteiger partial charge is 0.338 e. The third-order valence-corrected chi connectivity index (χ3v) is 3.72. The summed E-state index contributed by atoms with van der Waals surface area (Å²) >= 11 is 0. The van der Waals surface area contributed by atoms with Crippen LogP contribution in [0.25, 0.3) is 11.0 Å². The maximum absolute atomic E-state index is 12.2. The van der Waals surface area contributed by atoms with Crippen LogP contribution < -0.4 is 0 Å². The highest BCUT2D eigenvalue weighted by Crippen LogP contribution is 2.14. The van der Waals surface area contributed by atoms with Gasteiger partial charge in [-0.05, 0) is 25.1 Å². The number of hydrogen-bond donors (Lipinski definition) is 0. The van der Waals surface area contributed by atoms with Crippen molar-refractivity contribution in [3.8, 4) is 12.1 Å². The van der Waals surface area contributed by atoms with E-state index in [2.05, 4.69) is 10.3 Å². The van der Waals surface area contributed by atoms with Crippen molar-refractivity contribution >= 4 is 22.9 Å². The average Bonchev–Trinajstić information content (AvgIpc) is 3.08. The Morgan fingerprint density at radius 3 is 2.54 bits per heavy atom. The minimum absolute atomic E-state index is 0.148. The van der Waals surface area contributed by atoms with Gasteiger partial charge in [-0.1, -0.05) is 5.21 Å². The van der Waals surface area contributed by atoms with Gasteiger partial charge in [0.25, 0.3) is 5.91 Å². The van der Waals surface area contributed by atoms with Crippen molar-refractivity contribution in [1.29, 1.82) is 10.5 Å². The van der Waals surface area contributed by atoms with Gasteiger partial charge in [-0.15, -0.1) is 5.10 Å². The molecular weight excluding hydrogens is 336 g/mol. The lowest BCUT2D eigenvalue weighted by atomic mass is 10.2. The first-order chi connectivity index (χ1) is 12.6. The van der Waals surface area contributed by atoms with Gasteiger partial charge in [0.2, 0.25) is 0 Å². The van der Waals surface area contributed by atoms with Gasteiger partial charge in [0.1, 0.15) is 5.52 Å². The molecule has 134 valence electrons. The lowest BCUT2D eigenvalue weighted by Gasteiger charge is -2.20. The summed E-state index contributed by atoms with van der Waals surface area (Å²) in [6.07, 6.45) is 0.295. The summed E-state index contributed by atoms with van der Waals surface area (Å²) in [5, 5.41) is 25.3. The van der Waals surface area contributed by atoms with Gasteiger partial charge in [-0.3, -0.25) is 4.79 Å². The largest absolute Gasteiger partial charge is 0.452 e. The number of aryl methyl sites for hydroxylation is 1. The van der Waals surface area contributed by atoms with E-state index in [1.54, 1.807) is 22.9 Å². The molecule has 2 rings (SSSR count). The molecule has 0 saturated carbocycles. The zero-order valence-electron chi connectivity index (χ0n) is 14.4. The number of carbonyl (C=O) groups excluding carboxylic acids is 2. The van der Waals surface area contributed by atoms with Crippen molar-refractivity contribution in [1.82, 2.24) is 19.9 Å². The minimum Gasteiger partial charge on any atom is -0.452 e. The number of carbonyl (C=O) groups is 2. The fourth-order valence-electron chi connectivity index (χ4n) is 2.37. The molecule has 0 aliphatic heterocycles. The quantitative estimate of drug-likeness (QED) is 0.653. The number of benzene rings is 1. The number of hydrogen-bond acceptors (Lipinski definition) is 7. The van der Waals surface area contributed by atoms with Crippen LogP contribution in [0.2, 0.25) is 0 Å². The van der Waals surface area contributed by atoms with Gasteiger partial charge in [0, 0.05) is 19.6 Å². The van der Waals surface area contributed by atoms with E-state index in [9.17, 15) is 9.59 Å². The van der Waals surface area contributed by atoms with Crippen LogP contribution in [-0.2, 0) is 16.1 Å². The van der Waals surface area contributed by atoms with Crippen LogP contribution in [0.3, 0.4) is 0 Å². The summed E-state index contributed by atoms with van der Waals surface area (Å²) in [6, 6.07) is 8.77. The number of amides is 1. The molecule has 1 aromatic heterocycles. The van der Waals surface area contributed by atoms with Gasteiger partial charge in [0.15, 0.2) is 6.61 Å². The second-order valence-corrected chi connectivity index (χ2v) is 5.38. The number of nitriles is 2. The molecule has 9 nitrogen and oxygen atoms in total. The van der Waals surface area contributed by atoms with E-state index >= 15 is 0 Å². The highest BCUT2D eigenvalue weighted by Gasteiger charge is 2.17. The summed E-state index contributed by atoms with van der Waals surface area (Å²) in [6.45, 7) is 2.54. The van der Waals surface area contributed by atoms with Gasteiger partial charge < -0.3 is 9.64 Å². The number of ether oxygens (including phenoxy) is 1. The van der Waals surface area contributed by atoms with Crippen molar-refractivity contribution in [2.24, 2.45) is 0 Å². The molecule has 0 N–H and O–H groups in total. The molecule has 0 radical (unpaired) electrons. The van der Waals surface area contributed by atoms with E-state index in [0.29, 0.717) is 12.1 Å². The molecule has 0 unspecified atom stereocenters. The molecule has 0 aliphatic carbocycles. The molecule has 1 heterocycles. The van der Waals surface area contributed by atoms with Crippen LogP contribution in [0.1, 0.15) is 30.1 Å². The van der Waals surface area contributed by atoms with Crippen molar-refractivity contribution < 1.29 is 14.3 Å². The molecule has 9 heteroatoms. The summed E-state index contributed by atoms with van der Waals surface area (Å²) in [7, 11) is 0. The van der Waals surface area contributed by atoms with Crippen molar-refractivity contribution in [2.45, 2.75) is 26.3 Å². The number of aromatic nitrogens is 3. The second-order valence-electron chi connectivity index (χ2n) is 5.38. The lowest BCUT2D eigenvalue weighted by Crippen LogP contribution is -2.36. The molecule has 0 fully saturated rings. The summed E-state index contributed by atoms with van der Waals surface area (Å²) in [5.41, 5.74) is 1.64. The van der Waals surface area contributed by atoms with Crippen molar-refractivity contribution in [3.63, 3.8) is 0 Å². The molecule has 1 aromatic carbocycles. The van der Waals surface area contributed by atoms with Gasteiger partial charge in [-0.25, -0.2) is 9.48 Å². The summed E-state index contributed by atoms with van der Waals surface area (Å²) < 4.78 is 6.77. The predicted molar refractivity (Wildman–Crippen MR) is 90.5 cm³/mol. The maximum atomic E-state index is 12.2. The average molecular weight is 354 g/mol. The van der Waals surface area contributed by atoms with Crippen LogP contribution in [0.4, 0.5) is 0 Å². The third kappa shape index (κ3) is 4.54. The fourth-order valence-corrected chi connectivity index (χ4v) is 2.37. The van der Waals surface area contributed by atoms with E-state index < -0.39 is 18.5 Å². The number of fused-ring (bicyclic) bond motifs is 1. The molecular formula is C17H18N6O3. The van der Waals surface area contributed by atoms with E-state index in [4.69, 9.17) is 15.3 Å². The number of esters is 1. The summed E-state index contributed by atoms with van der Waals surface area (Å²) in [5.74, 6) is -1.09. The molecule has 1 amide bonds. The monoisotopic (exact) mass is 354 g/mol. The first-order valence-electron chi connectivity index (χ1n) is 8.12. The van der Waals surface area contributed by atoms with E-state index in [1.807, 2.05) is 19.1 Å². The molecule has 0 saturated heterocycles. The second kappa shape index (κ2) is 9.14. The molecule has 26 heavy (non-hydrogen) atoms. The van der Waals surface area contributed by atoms with Crippen LogP contribution in [-0.4, -0.2) is 51.5 Å². The Balaban J connectivity index is 1.99. The van der Waals surface area contributed by atoms with Crippen molar-refractivity contribution in [2.75, 3.05) is 19.7 Å². The van der Waals surface area contributed by atoms with E-state index in [1.165, 1.54) is 4.90 Å². The Bertz CT molecular complexity index is 859. The maximum Gasteiger partial charge on any atom is 0.338 e. The Labute approximate surface area is 150 Å². The Hall–Kier alpha value is -3.46. The molecule has 0 aliphatic rings. The first kappa shape index (κ1) is 18.9. The molecule has 0 spiro atoms. The Morgan fingerprint density at radius 1 is 1.23 bits per heavy atom. The Kier molecular flexibility index (Phi) is 6.63. The Morgan fingerprint density at radius 2 is 1.92 bits per heavy atom. The SMILES string of the molecule is CCn1nnc2cc(C(=O)OCC(=O)N(CCC#N)CCC#N)ccc21.